The van der Waals surface area contributed by atoms with Crippen molar-refractivity contribution in [1.82, 2.24) is 40.3 Å². The van der Waals surface area contributed by atoms with Gasteiger partial charge in [0.05, 0.1) is 0 Å². The van der Waals surface area contributed by atoms with Crippen molar-refractivity contribution in [2.24, 2.45) is 5.92 Å². The molecule has 1 unspecified atom stereocenters. The summed E-state index contributed by atoms with van der Waals surface area (Å²) < 4.78 is 2.21. The standard InChI is InChI=1S/C21H28N8O/c1-15(2)19(29-26-20(25-27-29)16-9-5-3-6-10-16)21(30)22-13-12-18-24-23-17-11-7-4-8-14-28(17)18/h3,5-6,9-10,15,19H,4,7-8,11-14H2,1-2H3,(H,22,30). The maximum Gasteiger partial charge on any atom is 0.247 e. The van der Waals surface area contributed by atoms with E-state index in [2.05, 4.69) is 35.5 Å². The highest BCUT2D eigenvalue weighted by Gasteiger charge is 2.27. The first kappa shape index (κ1) is 20.2. The second-order valence-corrected chi connectivity index (χ2v) is 8.02. The van der Waals surface area contributed by atoms with Crippen LogP contribution in [0.4, 0.5) is 0 Å². The third-order valence-corrected chi connectivity index (χ3v) is 5.44. The minimum Gasteiger partial charge on any atom is -0.354 e. The van der Waals surface area contributed by atoms with Gasteiger partial charge in [-0.1, -0.05) is 50.6 Å². The van der Waals surface area contributed by atoms with Crippen molar-refractivity contribution in [3.63, 3.8) is 0 Å². The van der Waals surface area contributed by atoms with Gasteiger partial charge >= 0.3 is 0 Å². The summed E-state index contributed by atoms with van der Waals surface area (Å²) in [6.45, 7) is 5.42. The van der Waals surface area contributed by atoms with Gasteiger partial charge in [-0.15, -0.1) is 20.4 Å². The Labute approximate surface area is 175 Å². The molecule has 1 N–H and O–H groups in total. The number of amides is 1. The summed E-state index contributed by atoms with van der Waals surface area (Å²) in [6, 6.07) is 9.11. The molecular weight excluding hydrogens is 380 g/mol. The third kappa shape index (κ3) is 4.39. The second-order valence-electron chi connectivity index (χ2n) is 8.02. The summed E-state index contributed by atoms with van der Waals surface area (Å²) in [5.41, 5.74) is 0.874. The van der Waals surface area contributed by atoms with Crippen LogP contribution in [0.25, 0.3) is 11.4 Å². The monoisotopic (exact) mass is 408 g/mol. The fourth-order valence-corrected chi connectivity index (χ4v) is 3.85. The highest BCUT2D eigenvalue weighted by Crippen LogP contribution is 2.19. The average molecular weight is 409 g/mol. The Morgan fingerprint density at radius 2 is 1.93 bits per heavy atom. The minimum atomic E-state index is -0.523. The van der Waals surface area contributed by atoms with Crippen molar-refractivity contribution >= 4 is 5.91 Å². The van der Waals surface area contributed by atoms with Gasteiger partial charge < -0.3 is 9.88 Å². The summed E-state index contributed by atoms with van der Waals surface area (Å²) in [5.74, 6) is 2.43. The Hall–Kier alpha value is -3.10. The highest BCUT2D eigenvalue weighted by molar-refractivity contribution is 5.80. The number of hydrogen-bond donors (Lipinski definition) is 1. The van der Waals surface area contributed by atoms with Crippen LogP contribution in [0.2, 0.25) is 0 Å². The van der Waals surface area contributed by atoms with E-state index in [9.17, 15) is 4.79 Å². The molecule has 30 heavy (non-hydrogen) atoms. The molecule has 158 valence electrons. The predicted octanol–water partition coefficient (Wildman–Crippen LogP) is 2.21. The number of hydrogen-bond acceptors (Lipinski definition) is 6. The van der Waals surface area contributed by atoms with Gasteiger partial charge in [0, 0.05) is 31.5 Å². The van der Waals surface area contributed by atoms with Crippen molar-refractivity contribution in [3.05, 3.63) is 42.0 Å². The molecule has 1 aromatic carbocycles. The molecule has 0 spiro atoms. The van der Waals surface area contributed by atoms with Crippen molar-refractivity contribution in [1.29, 1.82) is 0 Å². The Kier molecular flexibility index (Phi) is 6.15. The molecule has 0 aliphatic carbocycles. The van der Waals surface area contributed by atoms with E-state index in [4.69, 9.17) is 0 Å². The van der Waals surface area contributed by atoms with Crippen LogP contribution >= 0.6 is 0 Å². The van der Waals surface area contributed by atoms with E-state index in [0.29, 0.717) is 18.8 Å². The summed E-state index contributed by atoms with van der Waals surface area (Å²) in [4.78, 5) is 14.3. The van der Waals surface area contributed by atoms with Crippen molar-refractivity contribution < 1.29 is 4.79 Å². The van der Waals surface area contributed by atoms with Crippen molar-refractivity contribution in [2.45, 2.75) is 58.5 Å². The summed E-state index contributed by atoms with van der Waals surface area (Å²) in [7, 11) is 0. The normalized spacial score (nSPS) is 14.9. The van der Waals surface area contributed by atoms with Gasteiger partial charge in [0.15, 0.2) is 6.04 Å². The van der Waals surface area contributed by atoms with E-state index in [1.807, 2.05) is 44.2 Å². The maximum absolute atomic E-state index is 12.9. The van der Waals surface area contributed by atoms with Gasteiger partial charge in [-0.3, -0.25) is 4.79 Å². The molecule has 9 heteroatoms. The first-order valence-electron chi connectivity index (χ1n) is 10.7. The van der Waals surface area contributed by atoms with E-state index >= 15 is 0 Å². The SMILES string of the molecule is CC(C)C(C(=O)NCCc1nnc2n1CCCCC2)n1nnc(-c2ccccc2)n1. The van der Waals surface area contributed by atoms with Crippen LogP contribution in [0, 0.1) is 5.92 Å². The molecule has 1 amide bonds. The number of rotatable bonds is 7. The lowest BCUT2D eigenvalue weighted by Crippen LogP contribution is -2.37. The Bertz CT molecular complexity index is 978. The van der Waals surface area contributed by atoms with Gasteiger partial charge in [0.25, 0.3) is 0 Å². The Morgan fingerprint density at radius 3 is 2.73 bits per heavy atom. The first-order chi connectivity index (χ1) is 14.6. The van der Waals surface area contributed by atoms with E-state index < -0.39 is 6.04 Å². The lowest BCUT2D eigenvalue weighted by Gasteiger charge is -2.18. The molecule has 0 bridgehead atoms. The number of aryl methyl sites for hydroxylation is 1. The third-order valence-electron chi connectivity index (χ3n) is 5.44. The molecule has 3 aromatic rings. The van der Waals surface area contributed by atoms with Gasteiger partial charge in [0.1, 0.15) is 11.6 Å². The Morgan fingerprint density at radius 1 is 1.10 bits per heavy atom. The molecular formula is C21H28N8O. The maximum atomic E-state index is 12.9. The van der Waals surface area contributed by atoms with Crippen LogP contribution in [-0.2, 0) is 24.2 Å². The van der Waals surface area contributed by atoms with Gasteiger partial charge in [-0.2, -0.15) is 4.80 Å². The van der Waals surface area contributed by atoms with Crippen molar-refractivity contribution in [3.8, 4) is 11.4 Å². The molecule has 0 saturated carbocycles. The van der Waals surface area contributed by atoms with Crippen LogP contribution in [0.5, 0.6) is 0 Å². The second kappa shape index (κ2) is 9.15. The molecule has 1 aliphatic heterocycles. The molecule has 2 aromatic heterocycles. The van der Waals surface area contributed by atoms with Gasteiger partial charge in [-0.25, -0.2) is 0 Å². The zero-order chi connectivity index (χ0) is 20.9. The summed E-state index contributed by atoms with van der Waals surface area (Å²) >= 11 is 0. The van der Waals surface area contributed by atoms with Crippen LogP contribution < -0.4 is 5.32 Å². The number of carbonyl (C=O) groups is 1. The lowest BCUT2D eigenvalue weighted by atomic mass is 10.0. The number of nitrogens with zero attached hydrogens (tertiary/aromatic N) is 7. The molecule has 3 heterocycles. The number of fused-ring (bicyclic) bond motifs is 1. The van der Waals surface area contributed by atoms with E-state index in [0.717, 1.165) is 36.6 Å². The van der Waals surface area contributed by atoms with Crippen molar-refractivity contribution in [2.75, 3.05) is 6.54 Å². The first-order valence-corrected chi connectivity index (χ1v) is 10.7. The number of aromatic nitrogens is 7. The molecule has 4 rings (SSSR count). The van der Waals surface area contributed by atoms with Crippen LogP contribution in [0.15, 0.2) is 30.3 Å². The summed E-state index contributed by atoms with van der Waals surface area (Å²) in [6.07, 6.45) is 5.19. The van der Waals surface area contributed by atoms with Gasteiger partial charge in [0.2, 0.25) is 11.7 Å². The molecule has 0 saturated heterocycles. The van der Waals surface area contributed by atoms with Crippen LogP contribution in [0.1, 0.15) is 50.8 Å². The number of tetrazole rings is 1. The van der Waals surface area contributed by atoms with E-state index in [1.54, 1.807) is 0 Å². The average Bonchev–Trinajstić information content (AvgIpc) is 3.30. The number of nitrogens with one attached hydrogen (secondary N) is 1. The zero-order valence-corrected chi connectivity index (χ0v) is 17.5. The number of carbonyl (C=O) groups excluding carboxylic acids is 1. The van der Waals surface area contributed by atoms with Gasteiger partial charge in [-0.05, 0) is 24.0 Å². The smallest absolute Gasteiger partial charge is 0.247 e. The molecule has 0 radical (unpaired) electrons. The van der Waals surface area contributed by atoms with Crippen LogP contribution in [-0.4, -0.2) is 47.4 Å². The fourth-order valence-electron chi connectivity index (χ4n) is 3.85. The van der Waals surface area contributed by atoms with E-state index in [-0.39, 0.29) is 11.8 Å². The minimum absolute atomic E-state index is 0.0205. The highest BCUT2D eigenvalue weighted by atomic mass is 16.2. The fraction of sp³-hybridized carbons (Fsp3) is 0.524. The van der Waals surface area contributed by atoms with E-state index in [1.165, 1.54) is 17.6 Å². The van der Waals surface area contributed by atoms with Crippen LogP contribution in [0.3, 0.4) is 0 Å². The molecule has 0 fully saturated rings. The lowest BCUT2D eigenvalue weighted by molar-refractivity contribution is -0.126. The molecule has 1 aliphatic rings. The number of benzene rings is 1. The topological polar surface area (TPSA) is 103 Å². The predicted molar refractivity (Wildman–Crippen MR) is 111 cm³/mol. The Balaban J connectivity index is 1.40. The molecule has 9 nitrogen and oxygen atoms in total. The largest absolute Gasteiger partial charge is 0.354 e. The zero-order valence-electron chi connectivity index (χ0n) is 17.5. The summed E-state index contributed by atoms with van der Waals surface area (Å²) in [5, 5.41) is 24.4. The quantitative estimate of drug-likeness (QED) is 0.643. The molecule has 1 atom stereocenters.